The van der Waals surface area contributed by atoms with Crippen molar-refractivity contribution in [1.29, 1.82) is 0 Å². The van der Waals surface area contributed by atoms with Crippen LogP contribution in [-0.2, 0) is 0 Å². The smallest absolute Gasteiger partial charge is 0.282 e. The second-order valence-corrected chi connectivity index (χ2v) is 3.60. The van der Waals surface area contributed by atoms with Gasteiger partial charge in [0.1, 0.15) is 5.82 Å². The van der Waals surface area contributed by atoms with Crippen LogP contribution < -0.4 is 4.72 Å². The maximum atomic E-state index is 13.1. The number of benzene rings is 1. The average Bonchev–Trinajstić information content (AvgIpc) is 2.02. The van der Waals surface area contributed by atoms with Gasteiger partial charge in [-0.15, -0.1) is 0 Å². The van der Waals surface area contributed by atoms with Crippen LogP contribution >= 0.6 is 23.5 Å². The number of nitrogens with one attached hydrogen (secondary N) is 1. The monoisotopic (exact) mass is 219 g/mol. The molecule has 0 unspecified atom stereocenters. The van der Waals surface area contributed by atoms with E-state index >= 15 is 0 Å². The molecule has 1 aromatic carbocycles. The molecule has 0 aliphatic carbocycles. The van der Waals surface area contributed by atoms with Gasteiger partial charge in [0.25, 0.3) is 0 Å². The zero-order chi connectivity index (χ0) is 9.84. The summed E-state index contributed by atoms with van der Waals surface area (Å²) in [6.45, 7) is 1.79. The molecule has 0 aromatic heterocycles. The topological polar surface area (TPSA) is 29.1 Å². The second kappa shape index (κ2) is 4.48. The molecule has 0 heterocycles. The number of halogens is 2. The van der Waals surface area contributed by atoms with Crippen LogP contribution in [0.2, 0.25) is 0 Å². The van der Waals surface area contributed by atoms with E-state index in [1.54, 1.807) is 19.1 Å². The fourth-order valence-corrected chi connectivity index (χ4v) is 1.38. The number of hydrogen-bond donors (Lipinski definition) is 1. The summed E-state index contributed by atoms with van der Waals surface area (Å²) in [6, 6.07) is 4.73. The standard InChI is InChI=1S/C8H7ClFNOS/c1-5-2-3-7(6(10)4-5)13-11-8(9)12/h2-4H,1H3,(H,11,12). The normalized spacial score (nSPS) is 9.77. The van der Waals surface area contributed by atoms with Crippen molar-refractivity contribution in [3.05, 3.63) is 29.6 Å². The van der Waals surface area contributed by atoms with E-state index in [-0.39, 0.29) is 5.82 Å². The Morgan fingerprint density at radius 2 is 2.31 bits per heavy atom. The van der Waals surface area contributed by atoms with Crippen molar-refractivity contribution < 1.29 is 9.18 Å². The molecule has 1 N–H and O–H groups in total. The maximum Gasteiger partial charge on any atom is 0.323 e. The lowest BCUT2D eigenvalue weighted by molar-refractivity contribution is 0.264. The molecule has 0 fully saturated rings. The molecule has 0 bridgehead atoms. The first-order chi connectivity index (χ1) is 6.09. The first-order valence-corrected chi connectivity index (χ1v) is 4.67. The van der Waals surface area contributed by atoms with Crippen LogP contribution in [0, 0.1) is 12.7 Å². The van der Waals surface area contributed by atoms with Gasteiger partial charge in [0.2, 0.25) is 0 Å². The fourth-order valence-electron chi connectivity index (χ4n) is 0.784. The van der Waals surface area contributed by atoms with Crippen LogP contribution in [0.25, 0.3) is 0 Å². The zero-order valence-electron chi connectivity index (χ0n) is 6.80. The van der Waals surface area contributed by atoms with Gasteiger partial charge in [-0.1, -0.05) is 6.07 Å². The van der Waals surface area contributed by atoms with Gasteiger partial charge in [-0.2, -0.15) is 0 Å². The Kier molecular flexibility index (Phi) is 3.57. The SMILES string of the molecule is Cc1ccc(SNC(=O)Cl)c(F)c1. The van der Waals surface area contributed by atoms with Crippen molar-refractivity contribution in [2.24, 2.45) is 0 Å². The summed E-state index contributed by atoms with van der Waals surface area (Å²) in [5, 5.41) is -0.718. The number of hydrogen-bond acceptors (Lipinski definition) is 2. The summed E-state index contributed by atoms with van der Waals surface area (Å²) in [7, 11) is 0. The van der Waals surface area contributed by atoms with Gasteiger partial charge in [-0.05, 0) is 48.2 Å². The Morgan fingerprint density at radius 1 is 1.62 bits per heavy atom. The summed E-state index contributed by atoms with van der Waals surface area (Å²) in [5.74, 6) is -0.365. The third kappa shape index (κ3) is 3.24. The van der Waals surface area contributed by atoms with Crippen molar-refractivity contribution >= 4 is 28.9 Å². The van der Waals surface area contributed by atoms with Gasteiger partial charge in [0.05, 0.1) is 4.90 Å². The van der Waals surface area contributed by atoms with E-state index in [2.05, 4.69) is 4.72 Å². The van der Waals surface area contributed by atoms with E-state index in [0.29, 0.717) is 4.90 Å². The van der Waals surface area contributed by atoms with Crippen LogP contribution in [0.1, 0.15) is 5.56 Å². The van der Waals surface area contributed by atoms with Gasteiger partial charge in [0.15, 0.2) is 0 Å². The highest BCUT2D eigenvalue weighted by molar-refractivity contribution is 7.98. The first-order valence-electron chi connectivity index (χ1n) is 3.48. The van der Waals surface area contributed by atoms with Crippen molar-refractivity contribution in [2.45, 2.75) is 11.8 Å². The van der Waals surface area contributed by atoms with E-state index in [1.165, 1.54) is 6.07 Å². The molecule has 0 aliphatic rings. The van der Waals surface area contributed by atoms with E-state index < -0.39 is 5.37 Å². The quantitative estimate of drug-likeness (QED) is 0.471. The molecule has 0 spiro atoms. The summed E-state index contributed by atoms with van der Waals surface area (Å²) < 4.78 is 15.3. The van der Waals surface area contributed by atoms with Crippen LogP contribution in [0.5, 0.6) is 0 Å². The number of aryl methyl sites for hydroxylation is 1. The van der Waals surface area contributed by atoms with Gasteiger partial charge in [-0.25, -0.2) is 4.39 Å². The minimum atomic E-state index is -0.718. The zero-order valence-corrected chi connectivity index (χ0v) is 8.38. The molecule has 5 heteroatoms. The lowest BCUT2D eigenvalue weighted by Crippen LogP contribution is -2.05. The van der Waals surface area contributed by atoms with Gasteiger partial charge in [0, 0.05) is 0 Å². The minimum Gasteiger partial charge on any atom is -0.282 e. The summed E-state index contributed by atoms with van der Waals surface area (Å²) in [6.07, 6.45) is 0. The average molecular weight is 220 g/mol. The maximum absolute atomic E-state index is 13.1. The van der Waals surface area contributed by atoms with Gasteiger partial charge in [-0.3, -0.25) is 9.52 Å². The molecule has 0 atom stereocenters. The Hall–Kier alpha value is -0.740. The molecular weight excluding hydrogens is 213 g/mol. The molecule has 13 heavy (non-hydrogen) atoms. The largest absolute Gasteiger partial charge is 0.323 e. The highest BCUT2D eigenvalue weighted by atomic mass is 35.5. The number of amides is 1. The number of rotatable bonds is 2. The molecule has 1 amide bonds. The number of carbonyl (C=O) groups is 1. The van der Waals surface area contributed by atoms with E-state index in [0.717, 1.165) is 17.5 Å². The molecule has 0 aliphatic heterocycles. The molecule has 70 valence electrons. The summed E-state index contributed by atoms with van der Waals surface area (Å²) >= 11 is 5.88. The molecule has 1 rings (SSSR count). The predicted molar refractivity (Wildman–Crippen MR) is 51.4 cm³/mol. The summed E-state index contributed by atoms with van der Waals surface area (Å²) in [5.41, 5.74) is 0.832. The third-order valence-electron chi connectivity index (χ3n) is 1.33. The predicted octanol–water partition coefficient (Wildman–Crippen LogP) is 3.09. The molecule has 0 saturated heterocycles. The first kappa shape index (κ1) is 10.3. The van der Waals surface area contributed by atoms with Gasteiger partial charge >= 0.3 is 5.37 Å². The Balaban J connectivity index is 2.72. The highest BCUT2D eigenvalue weighted by Crippen LogP contribution is 2.19. The molecule has 1 aromatic rings. The third-order valence-corrected chi connectivity index (χ3v) is 2.37. The van der Waals surface area contributed by atoms with Crippen molar-refractivity contribution in [1.82, 2.24) is 4.72 Å². The number of carbonyl (C=O) groups excluding carboxylic acids is 1. The van der Waals surface area contributed by atoms with Crippen molar-refractivity contribution in [3.63, 3.8) is 0 Å². The molecule has 0 radical (unpaired) electrons. The van der Waals surface area contributed by atoms with E-state index in [1.807, 2.05) is 0 Å². The highest BCUT2D eigenvalue weighted by Gasteiger charge is 2.03. The van der Waals surface area contributed by atoms with Crippen molar-refractivity contribution in [3.8, 4) is 0 Å². The fraction of sp³-hybridized carbons (Fsp3) is 0.125. The lowest BCUT2D eigenvalue weighted by atomic mass is 10.2. The van der Waals surface area contributed by atoms with Crippen LogP contribution in [0.3, 0.4) is 0 Å². The molecular formula is C8H7ClFNOS. The van der Waals surface area contributed by atoms with Crippen LogP contribution in [0.4, 0.5) is 9.18 Å². The Morgan fingerprint density at radius 3 is 2.85 bits per heavy atom. The van der Waals surface area contributed by atoms with Crippen molar-refractivity contribution in [2.75, 3.05) is 0 Å². The Labute approximate surface area is 84.6 Å². The second-order valence-electron chi connectivity index (χ2n) is 2.41. The minimum absolute atomic E-state index is 0.347. The molecule has 2 nitrogen and oxygen atoms in total. The summed E-state index contributed by atoms with van der Waals surface area (Å²) in [4.78, 5) is 10.7. The Bertz CT molecular complexity index is 332. The molecule has 0 saturated carbocycles. The van der Waals surface area contributed by atoms with E-state index in [9.17, 15) is 9.18 Å². The van der Waals surface area contributed by atoms with Gasteiger partial charge < -0.3 is 0 Å². The van der Waals surface area contributed by atoms with Crippen LogP contribution in [-0.4, -0.2) is 5.37 Å². The lowest BCUT2D eigenvalue weighted by Gasteiger charge is -2.02. The van der Waals surface area contributed by atoms with Crippen LogP contribution in [0.15, 0.2) is 23.1 Å². The van der Waals surface area contributed by atoms with E-state index in [4.69, 9.17) is 11.6 Å².